The molecular weight excluding hydrogens is 354 g/mol. The van der Waals surface area contributed by atoms with E-state index in [-0.39, 0.29) is 12.4 Å². The van der Waals surface area contributed by atoms with Gasteiger partial charge in [0.2, 0.25) is 0 Å². The van der Waals surface area contributed by atoms with Crippen LogP contribution in [0.15, 0.2) is 40.9 Å². The summed E-state index contributed by atoms with van der Waals surface area (Å²) in [6.45, 7) is 1.81. The summed E-state index contributed by atoms with van der Waals surface area (Å²) in [6, 6.07) is 12.0. The van der Waals surface area contributed by atoms with Gasteiger partial charge in [0.05, 0.1) is 14.2 Å². The largest absolute Gasteiger partial charge is 0.493 e. The number of hydrogen-bond donors (Lipinski definition) is 1. The molecule has 3 aromatic rings. The van der Waals surface area contributed by atoms with Gasteiger partial charge in [-0.15, -0.1) is 12.4 Å². The molecule has 0 aliphatic carbocycles. The monoisotopic (exact) mass is 373 g/mol. The van der Waals surface area contributed by atoms with Crippen molar-refractivity contribution >= 4 is 12.4 Å². The van der Waals surface area contributed by atoms with Crippen molar-refractivity contribution in [3.05, 3.63) is 58.9 Å². The zero-order valence-electron chi connectivity index (χ0n) is 14.6. The molecule has 136 valence electrons. The average Bonchev–Trinajstić information content (AvgIpc) is 3.30. The van der Waals surface area contributed by atoms with Crippen molar-refractivity contribution in [2.45, 2.75) is 19.5 Å². The summed E-state index contributed by atoms with van der Waals surface area (Å²) in [4.78, 5) is 4.53. The summed E-state index contributed by atoms with van der Waals surface area (Å²) >= 11 is 0. The van der Waals surface area contributed by atoms with Gasteiger partial charge in [-0.2, -0.15) is 4.98 Å². The Hall–Kier alpha value is -2.57. The van der Waals surface area contributed by atoms with Gasteiger partial charge in [-0.05, 0) is 41.0 Å². The summed E-state index contributed by atoms with van der Waals surface area (Å²) in [5.74, 6) is 2.58. The van der Waals surface area contributed by atoms with Crippen LogP contribution in [0.4, 0.5) is 0 Å². The third kappa shape index (κ3) is 3.52. The lowest BCUT2D eigenvalue weighted by Crippen LogP contribution is -1.99. The third-order valence-electron chi connectivity index (χ3n) is 4.36. The van der Waals surface area contributed by atoms with E-state index in [1.165, 1.54) is 11.1 Å². The maximum atomic E-state index is 5.45. The topological polar surface area (TPSA) is 69.4 Å². The lowest BCUT2D eigenvalue weighted by atomic mass is 10.1. The molecule has 0 saturated carbocycles. The SMILES string of the molecule is COc1ccc(Cc2noc(-c3ccc4c(c3)CNC4)n2)cc1OC.Cl. The van der Waals surface area contributed by atoms with Crippen LogP contribution >= 0.6 is 12.4 Å². The fourth-order valence-electron chi connectivity index (χ4n) is 3.04. The van der Waals surface area contributed by atoms with Gasteiger partial charge < -0.3 is 19.3 Å². The number of halogens is 1. The Balaban J connectivity index is 0.00000196. The number of ether oxygens (including phenoxy) is 2. The minimum absolute atomic E-state index is 0. The Labute approximate surface area is 157 Å². The van der Waals surface area contributed by atoms with Gasteiger partial charge in [0.1, 0.15) is 0 Å². The first-order valence-corrected chi connectivity index (χ1v) is 8.13. The molecule has 1 N–H and O–H groups in total. The third-order valence-corrected chi connectivity index (χ3v) is 4.36. The predicted octanol–water partition coefficient (Wildman–Crippen LogP) is 3.37. The first-order valence-electron chi connectivity index (χ1n) is 8.13. The van der Waals surface area contributed by atoms with E-state index in [1.54, 1.807) is 14.2 Å². The summed E-state index contributed by atoms with van der Waals surface area (Å²) in [5, 5.41) is 7.44. The van der Waals surface area contributed by atoms with E-state index in [1.807, 2.05) is 24.3 Å². The quantitative estimate of drug-likeness (QED) is 0.739. The highest BCUT2D eigenvalue weighted by molar-refractivity contribution is 5.85. The minimum Gasteiger partial charge on any atom is -0.493 e. The molecule has 7 heteroatoms. The first-order chi connectivity index (χ1) is 12.3. The molecule has 1 aliphatic rings. The highest BCUT2D eigenvalue weighted by atomic mass is 35.5. The van der Waals surface area contributed by atoms with Crippen molar-refractivity contribution in [2.24, 2.45) is 0 Å². The van der Waals surface area contributed by atoms with E-state index in [0.29, 0.717) is 29.6 Å². The average molecular weight is 374 g/mol. The fraction of sp³-hybridized carbons (Fsp3) is 0.263. The number of nitrogens with one attached hydrogen (secondary N) is 1. The number of nitrogens with zero attached hydrogens (tertiary/aromatic N) is 2. The van der Waals surface area contributed by atoms with Gasteiger partial charge in [0, 0.05) is 25.1 Å². The Morgan fingerprint density at radius 3 is 2.62 bits per heavy atom. The van der Waals surface area contributed by atoms with Gasteiger partial charge in [-0.1, -0.05) is 17.3 Å². The molecule has 26 heavy (non-hydrogen) atoms. The summed E-state index contributed by atoms with van der Waals surface area (Å²) < 4.78 is 16.0. The molecule has 4 rings (SSSR count). The molecule has 1 aliphatic heterocycles. The normalized spacial score (nSPS) is 12.4. The molecule has 1 aromatic heterocycles. The number of aromatic nitrogens is 2. The van der Waals surface area contributed by atoms with E-state index >= 15 is 0 Å². The van der Waals surface area contributed by atoms with Gasteiger partial charge in [-0.25, -0.2) is 0 Å². The number of rotatable bonds is 5. The molecule has 2 aromatic carbocycles. The molecule has 0 fully saturated rings. The summed E-state index contributed by atoms with van der Waals surface area (Å²) in [7, 11) is 3.24. The van der Waals surface area contributed by atoms with Gasteiger partial charge >= 0.3 is 0 Å². The molecular formula is C19H20ClN3O3. The molecule has 0 atom stereocenters. The van der Waals surface area contributed by atoms with Crippen LogP contribution in [-0.4, -0.2) is 24.4 Å². The van der Waals surface area contributed by atoms with E-state index in [9.17, 15) is 0 Å². The highest BCUT2D eigenvalue weighted by Crippen LogP contribution is 2.29. The van der Waals surface area contributed by atoms with Gasteiger partial charge in [0.25, 0.3) is 5.89 Å². The second-order valence-electron chi connectivity index (χ2n) is 5.97. The van der Waals surface area contributed by atoms with Crippen molar-refractivity contribution in [2.75, 3.05) is 14.2 Å². The van der Waals surface area contributed by atoms with Crippen molar-refractivity contribution < 1.29 is 14.0 Å². The van der Waals surface area contributed by atoms with E-state index < -0.39 is 0 Å². The molecule has 6 nitrogen and oxygen atoms in total. The summed E-state index contributed by atoms with van der Waals surface area (Å²) in [6.07, 6.45) is 0.566. The molecule has 0 radical (unpaired) electrons. The van der Waals surface area contributed by atoms with Crippen LogP contribution in [0.1, 0.15) is 22.5 Å². The molecule has 2 heterocycles. The first kappa shape index (κ1) is 18.2. The van der Waals surface area contributed by atoms with Crippen LogP contribution in [0, 0.1) is 0 Å². The number of hydrogen-bond acceptors (Lipinski definition) is 6. The molecule has 0 spiro atoms. The van der Waals surface area contributed by atoms with Crippen LogP contribution in [0.5, 0.6) is 11.5 Å². The second-order valence-corrected chi connectivity index (χ2v) is 5.97. The van der Waals surface area contributed by atoms with Crippen molar-refractivity contribution in [3.63, 3.8) is 0 Å². The van der Waals surface area contributed by atoms with Crippen LogP contribution in [-0.2, 0) is 19.5 Å². The van der Waals surface area contributed by atoms with Gasteiger partial charge in [0.15, 0.2) is 17.3 Å². The smallest absolute Gasteiger partial charge is 0.257 e. The maximum absolute atomic E-state index is 5.45. The number of methoxy groups -OCH3 is 2. The zero-order chi connectivity index (χ0) is 17.2. The van der Waals surface area contributed by atoms with Crippen molar-refractivity contribution in [1.82, 2.24) is 15.5 Å². The van der Waals surface area contributed by atoms with Crippen LogP contribution in [0.25, 0.3) is 11.5 Å². The number of fused-ring (bicyclic) bond motifs is 1. The van der Waals surface area contributed by atoms with E-state index in [2.05, 4.69) is 27.6 Å². The Morgan fingerprint density at radius 2 is 1.81 bits per heavy atom. The Bertz CT molecular complexity index is 911. The minimum atomic E-state index is 0. The number of benzene rings is 2. The standard InChI is InChI=1S/C19H19N3O3.ClH/c1-23-16-6-3-12(7-17(16)24-2)8-18-21-19(25-22-18)13-4-5-14-10-20-11-15(14)9-13;/h3-7,9,20H,8,10-11H2,1-2H3;1H. The zero-order valence-corrected chi connectivity index (χ0v) is 15.4. The van der Waals surface area contributed by atoms with Gasteiger partial charge in [-0.3, -0.25) is 0 Å². The lowest BCUT2D eigenvalue weighted by molar-refractivity contribution is 0.354. The lowest BCUT2D eigenvalue weighted by Gasteiger charge is -2.08. The molecule has 0 unspecified atom stereocenters. The van der Waals surface area contributed by atoms with E-state index in [4.69, 9.17) is 14.0 Å². The predicted molar refractivity (Wildman–Crippen MR) is 99.9 cm³/mol. The van der Waals surface area contributed by atoms with Crippen LogP contribution < -0.4 is 14.8 Å². The Kier molecular flexibility index (Phi) is 5.44. The van der Waals surface area contributed by atoms with Crippen LogP contribution in [0.2, 0.25) is 0 Å². The second kappa shape index (κ2) is 7.76. The maximum Gasteiger partial charge on any atom is 0.257 e. The fourth-order valence-corrected chi connectivity index (χ4v) is 3.04. The van der Waals surface area contributed by atoms with Crippen molar-refractivity contribution in [3.8, 4) is 23.0 Å². The highest BCUT2D eigenvalue weighted by Gasteiger charge is 2.15. The molecule has 0 bridgehead atoms. The molecule has 0 amide bonds. The Morgan fingerprint density at radius 1 is 1.00 bits per heavy atom. The van der Waals surface area contributed by atoms with Crippen LogP contribution in [0.3, 0.4) is 0 Å². The summed E-state index contributed by atoms with van der Waals surface area (Å²) in [5.41, 5.74) is 4.60. The van der Waals surface area contributed by atoms with Crippen molar-refractivity contribution in [1.29, 1.82) is 0 Å². The molecule has 0 saturated heterocycles. The van der Waals surface area contributed by atoms with E-state index in [0.717, 1.165) is 24.2 Å².